The molecule has 2 aliphatic rings. The Labute approximate surface area is 175 Å². The molecule has 2 amide bonds. The van der Waals surface area contributed by atoms with Gasteiger partial charge in [-0.3, -0.25) is 14.4 Å². The van der Waals surface area contributed by atoms with Crippen molar-refractivity contribution in [3.63, 3.8) is 0 Å². The molecule has 0 aliphatic carbocycles. The minimum Gasteiger partial charge on any atom is -0.482 e. The van der Waals surface area contributed by atoms with Crippen LogP contribution in [0.1, 0.15) is 56.8 Å². The predicted molar refractivity (Wildman–Crippen MR) is 110 cm³/mol. The zero-order chi connectivity index (χ0) is 21.9. The topological polar surface area (TPSA) is 102 Å². The maximum Gasteiger partial charge on any atom is 0.410 e. The summed E-state index contributed by atoms with van der Waals surface area (Å²) in [5.41, 5.74) is 0.362. The van der Waals surface area contributed by atoms with Crippen molar-refractivity contribution in [1.29, 1.82) is 0 Å². The lowest BCUT2D eigenvalue weighted by Gasteiger charge is -2.32. The van der Waals surface area contributed by atoms with Crippen molar-refractivity contribution in [2.45, 2.75) is 52.1 Å². The van der Waals surface area contributed by atoms with Crippen LogP contribution in [0.25, 0.3) is 0 Å². The van der Waals surface area contributed by atoms with Gasteiger partial charge in [-0.15, -0.1) is 0 Å². The summed E-state index contributed by atoms with van der Waals surface area (Å²) in [5, 5.41) is 2.67. The Morgan fingerprint density at radius 2 is 1.87 bits per heavy atom. The zero-order valence-corrected chi connectivity index (χ0v) is 17.7. The third-order valence-electron chi connectivity index (χ3n) is 5.13. The number of rotatable bonds is 5. The van der Waals surface area contributed by atoms with Gasteiger partial charge in [-0.2, -0.15) is 0 Å². The number of ether oxygens (including phenoxy) is 2. The fourth-order valence-corrected chi connectivity index (χ4v) is 3.55. The number of carbonyl (C=O) groups excluding carboxylic acids is 4. The number of anilines is 1. The Bertz CT molecular complexity index is 850. The molecule has 8 nitrogen and oxygen atoms in total. The second-order valence-corrected chi connectivity index (χ2v) is 8.68. The summed E-state index contributed by atoms with van der Waals surface area (Å²) in [6.45, 7) is 6.38. The van der Waals surface area contributed by atoms with Crippen molar-refractivity contribution in [3.8, 4) is 5.75 Å². The second kappa shape index (κ2) is 8.85. The first-order valence-corrected chi connectivity index (χ1v) is 10.2. The van der Waals surface area contributed by atoms with E-state index in [1.807, 2.05) is 20.8 Å². The van der Waals surface area contributed by atoms with E-state index in [9.17, 15) is 19.2 Å². The molecular formula is C22H28N2O6. The van der Waals surface area contributed by atoms with E-state index in [-0.39, 0.29) is 48.9 Å². The summed E-state index contributed by atoms with van der Waals surface area (Å²) in [6, 6.07) is 4.87. The van der Waals surface area contributed by atoms with E-state index < -0.39 is 5.60 Å². The standard InChI is InChI=1S/C22H28N2O6/c1-22(2,3)30-21(28)24-10-8-14(9-11-24)17(25)5-6-18(26)15-4-7-19-16(12-15)23-20(27)13-29-19/h4,7,12,14H,5-6,8-11,13H2,1-3H3,(H,23,27). The highest BCUT2D eigenvalue weighted by Crippen LogP contribution is 2.29. The minimum absolute atomic E-state index is 0.0401. The highest BCUT2D eigenvalue weighted by atomic mass is 16.6. The number of piperidine rings is 1. The van der Waals surface area contributed by atoms with Gasteiger partial charge in [0.2, 0.25) is 0 Å². The van der Waals surface area contributed by atoms with Gasteiger partial charge < -0.3 is 19.7 Å². The van der Waals surface area contributed by atoms with E-state index in [1.165, 1.54) is 0 Å². The predicted octanol–water partition coefficient (Wildman–Crippen LogP) is 3.20. The molecule has 2 aliphatic heterocycles. The van der Waals surface area contributed by atoms with Crippen LogP contribution in [0.3, 0.4) is 0 Å². The Kier molecular flexibility index (Phi) is 6.43. The molecule has 0 saturated carbocycles. The molecule has 0 aromatic heterocycles. The summed E-state index contributed by atoms with van der Waals surface area (Å²) in [7, 11) is 0. The number of fused-ring (bicyclic) bond motifs is 1. The lowest BCUT2D eigenvalue weighted by atomic mass is 9.89. The first kappa shape index (κ1) is 21.8. The van der Waals surface area contributed by atoms with Crippen LogP contribution in [-0.4, -0.2) is 53.8 Å². The van der Waals surface area contributed by atoms with Crippen LogP contribution >= 0.6 is 0 Å². The summed E-state index contributed by atoms with van der Waals surface area (Å²) >= 11 is 0. The summed E-state index contributed by atoms with van der Waals surface area (Å²) in [6.07, 6.45) is 1.07. The maximum absolute atomic E-state index is 12.6. The van der Waals surface area contributed by atoms with E-state index in [4.69, 9.17) is 9.47 Å². The number of hydrogen-bond donors (Lipinski definition) is 1. The molecule has 1 aromatic carbocycles. The summed E-state index contributed by atoms with van der Waals surface area (Å²) in [5.74, 6) is 0.00521. The third-order valence-corrected chi connectivity index (χ3v) is 5.13. The highest BCUT2D eigenvalue weighted by Gasteiger charge is 2.30. The quantitative estimate of drug-likeness (QED) is 0.740. The number of benzene rings is 1. The van der Waals surface area contributed by atoms with Gasteiger partial charge in [0, 0.05) is 37.4 Å². The molecule has 0 atom stereocenters. The smallest absolute Gasteiger partial charge is 0.410 e. The van der Waals surface area contributed by atoms with Gasteiger partial charge in [-0.25, -0.2) is 4.79 Å². The molecule has 1 fully saturated rings. The van der Waals surface area contributed by atoms with Gasteiger partial charge in [0.1, 0.15) is 17.1 Å². The third kappa shape index (κ3) is 5.58. The van der Waals surface area contributed by atoms with E-state index in [2.05, 4.69) is 5.32 Å². The highest BCUT2D eigenvalue weighted by molar-refractivity contribution is 6.01. The first-order chi connectivity index (χ1) is 14.1. The Balaban J connectivity index is 1.47. The van der Waals surface area contributed by atoms with Crippen molar-refractivity contribution in [1.82, 2.24) is 4.90 Å². The van der Waals surface area contributed by atoms with Crippen LogP contribution in [-0.2, 0) is 14.3 Å². The molecule has 0 bridgehead atoms. The average molecular weight is 416 g/mol. The average Bonchev–Trinajstić information content (AvgIpc) is 2.70. The molecule has 8 heteroatoms. The number of Topliss-reactive ketones (excluding diaryl/α,β-unsaturated/α-hetero) is 2. The molecule has 0 radical (unpaired) electrons. The fraction of sp³-hybridized carbons (Fsp3) is 0.545. The molecule has 1 N–H and O–H groups in total. The van der Waals surface area contributed by atoms with Crippen LogP contribution < -0.4 is 10.1 Å². The fourth-order valence-electron chi connectivity index (χ4n) is 3.55. The molecular weight excluding hydrogens is 388 g/mol. The van der Waals surface area contributed by atoms with Crippen LogP contribution in [0.4, 0.5) is 10.5 Å². The molecule has 30 heavy (non-hydrogen) atoms. The van der Waals surface area contributed by atoms with Gasteiger partial charge in [0.15, 0.2) is 12.4 Å². The van der Waals surface area contributed by atoms with E-state index in [1.54, 1.807) is 23.1 Å². The Hall–Kier alpha value is -2.90. The largest absolute Gasteiger partial charge is 0.482 e. The lowest BCUT2D eigenvalue weighted by molar-refractivity contribution is -0.124. The van der Waals surface area contributed by atoms with Crippen molar-refractivity contribution < 1.29 is 28.7 Å². The molecule has 0 unspecified atom stereocenters. The molecule has 2 heterocycles. The molecule has 1 aromatic rings. The van der Waals surface area contributed by atoms with Crippen LogP contribution in [0, 0.1) is 5.92 Å². The number of ketones is 2. The number of hydrogen-bond acceptors (Lipinski definition) is 6. The number of nitrogens with one attached hydrogen (secondary N) is 1. The number of amides is 2. The van der Waals surface area contributed by atoms with E-state index in [0.29, 0.717) is 42.9 Å². The molecule has 162 valence electrons. The van der Waals surface area contributed by atoms with Crippen LogP contribution in [0.5, 0.6) is 5.75 Å². The first-order valence-electron chi connectivity index (χ1n) is 10.2. The van der Waals surface area contributed by atoms with Gasteiger partial charge in [-0.1, -0.05) is 0 Å². The van der Waals surface area contributed by atoms with Gasteiger partial charge in [-0.05, 0) is 51.8 Å². The monoisotopic (exact) mass is 416 g/mol. The minimum atomic E-state index is -0.546. The Morgan fingerprint density at radius 1 is 1.17 bits per heavy atom. The summed E-state index contributed by atoms with van der Waals surface area (Å²) in [4.78, 5) is 50.2. The van der Waals surface area contributed by atoms with Gasteiger partial charge in [0.25, 0.3) is 5.91 Å². The van der Waals surface area contributed by atoms with Gasteiger partial charge in [0.05, 0.1) is 5.69 Å². The maximum atomic E-state index is 12.6. The molecule has 1 saturated heterocycles. The van der Waals surface area contributed by atoms with Crippen molar-refractivity contribution in [2.75, 3.05) is 25.0 Å². The van der Waals surface area contributed by atoms with Crippen molar-refractivity contribution >= 4 is 29.3 Å². The molecule has 3 rings (SSSR count). The number of likely N-dealkylation sites (tertiary alicyclic amines) is 1. The van der Waals surface area contributed by atoms with Crippen LogP contribution in [0.2, 0.25) is 0 Å². The molecule has 0 spiro atoms. The van der Waals surface area contributed by atoms with Crippen molar-refractivity contribution in [3.05, 3.63) is 23.8 Å². The van der Waals surface area contributed by atoms with E-state index in [0.717, 1.165) is 0 Å². The van der Waals surface area contributed by atoms with Crippen molar-refractivity contribution in [2.24, 2.45) is 5.92 Å². The SMILES string of the molecule is CC(C)(C)OC(=O)N1CCC(C(=O)CCC(=O)c2ccc3c(c2)NC(=O)CO3)CC1. The normalized spacial score (nSPS) is 16.9. The lowest BCUT2D eigenvalue weighted by Crippen LogP contribution is -2.43. The second-order valence-electron chi connectivity index (χ2n) is 8.68. The number of nitrogens with zero attached hydrogens (tertiary/aromatic N) is 1. The van der Waals surface area contributed by atoms with E-state index >= 15 is 0 Å². The summed E-state index contributed by atoms with van der Waals surface area (Å²) < 4.78 is 10.7. The Morgan fingerprint density at radius 3 is 2.53 bits per heavy atom. The van der Waals surface area contributed by atoms with Crippen LogP contribution in [0.15, 0.2) is 18.2 Å². The van der Waals surface area contributed by atoms with Gasteiger partial charge >= 0.3 is 6.09 Å². The zero-order valence-electron chi connectivity index (χ0n) is 17.7. The number of carbonyl (C=O) groups is 4.